The van der Waals surface area contributed by atoms with E-state index in [0.29, 0.717) is 13.0 Å². The number of rotatable bonds is 8. The van der Waals surface area contributed by atoms with E-state index in [9.17, 15) is 9.59 Å². The zero-order valence-electron chi connectivity index (χ0n) is 15.9. The highest BCUT2D eigenvalue weighted by atomic mass is 16.2. The molecule has 0 spiro atoms. The first-order chi connectivity index (χ1) is 13.0. The Morgan fingerprint density at radius 1 is 1.07 bits per heavy atom. The monoisotopic (exact) mass is 365 g/mol. The normalized spacial score (nSPS) is 14.3. The van der Waals surface area contributed by atoms with E-state index in [-0.39, 0.29) is 23.8 Å². The highest BCUT2D eigenvalue weighted by Gasteiger charge is 2.29. The van der Waals surface area contributed by atoms with E-state index in [4.69, 9.17) is 0 Å². The third-order valence-electron chi connectivity index (χ3n) is 4.82. The molecule has 0 radical (unpaired) electrons. The van der Waals surface area contributed by atoms with Gasteiger partial charge in [-0.05, 0) is 56.0 Å². The molecule has 2 amide bonds. The van der Waals surface area contributed by atoms with Gasteiger partial charge < -0.3 is 16.0 Å². The van der Waals surface area contributed by atoms with Crippen molar-refractivity contribution in [1.82, 2.24) is 5.32 Å². The predicted octanol–water partition coefficient (Wildman–Crippen LogP) is 4.02. The minimum Gasteiger partial charge on any atom is -0.384 e. The van der Waals surface area contributed by atoms with E-state index in [1.807, 2.05) is 62.4 Å². The second-order valence-electron chi connectivity index (χ2n) is 7.17. The first-order valence-corrected chi connectivity index (χ1v) is 9.52. The quantitative estimate of drug-likeness (QED) is 0.662. The molecule has 2 aromatic carbocycles. The Morgan fingerprint density at radius 3 is 2.44 bits per heavy atom. The van der Waals surface area contributed by atoms with Crippen LogP contribution in [0.1, 0.15) is 43.4 Å². The maximum Gasteiger partial charge on any atom is 0.227 e. The Bertz CT molecular complexity index is 797. The molecule has 1 unspecified atom stereocenters. The van der Waals surface area contributed by atoms with Crippen LogP contribution in [-0.4, -0.2) is 18.4 Å². The molecule has 3 N–H and O–H groups in total. The van der Waals surface area contributed by atoms with E-state index >= 15 is 0 Å². The van der Waals surface area contributed by atoms with Crippen molar-refractivity contribution in [2.45, 2.75) is 39.2 Å². The lowest BCUT2D eigenvalue weighted by Gasteiger charge is -2.16. The van der Waals surface area contributed by atoms with Gasteiger partial charge in [0.25, 0.3) is 0 Å². The molecule has 3 rings (SSSR count). The number of aryl methyl sites for hydroxylation is 1. The standard InChI is InChI=1S/C22H27N3O2/c1-15-5-3-4-6-20(15)23-14-13-21(26)24-16(2)17-9-11-19(12-10-17)25-22(27)18-7-8-18/h3-6,9-12,16,18,23H,7-8,13-14H2,1-2H3,(H,24,26)(H,25,27). The van der Waals surface area contributed by atoms with Gasteiger partial charge >= 0.3 is 0 Å². The van der Waals surface area contributed by atoms with E-state index < -0.39 is 0 Å². The van der Waals surface area contributed by atoms with Gasteiger partial charge in [0, 0.05) is 30.3 Å². The lowest BCUT2D eigenvalue weighted by molar-refractivity contribution is -0.121. The van der Waals surface area contributed by atoms with Crippen LogP contribution in [0, 0.1) is 12.8 Å². The van der Waals surface area contributed by atoms with Crippen molar-refractivity contribution in [2.75, 3.05) is 17.2 Å². The molecule has 1 aliphatic rings. The van der Waals surface area contributed by atoms with Crippen molar-refractivity contribution in [3.8, 4) is 0 Å². The predicted molar refractivity (Wildman–Crippen MR) is 109 cm³/mol. The SMILES string of the molecule is Cc1ccccc1NCCC(=O)NC(C)c1ccc(NC(=O)C2CC2)cc1. The molecule has 0 aromatic heterocycles. The zero-order valence-corrected chi connectivity index (χ0v) is 15.9. The van der Waals surface area contributed by atoms with Crippen molar-refractivity contribution < 1.29 is 9.59 Å². The maximum absolute atomic E-state index is 12.2. The fourth-order valence-corrected chi connectivity index (χ4v) is 2.92. The molecule has 0 saturated heterocycles. The Balaban J connectivity index is 1.43. The topological polar surface area (TPSA) is 70.2 Å². The zero-order chi connectivity index (χ0) is 19.2. The lowest BCUT2D eigenvalue weighted by Crippen LogP contribution is -2.28. The number of hydrogen-bond donors (Lipinski definition) is 3. The van der Waals surface area contributed by atoms with Crippen LogP contribution in [0.4, 0.5) is 11.4 Å². The third kappa shape index (κ3) is 5.58. The first kappa shape index (κ1) is 19.0. The van der Waals surface area contributed by atoms with Crippen LogP contribution in [0.25, 0.3) is 0 Å². The molecule has 0 heterocycles. The summed E-state index contributed by atoms with van der Waals surface area (Å²) >= 11 is 0. The number of hydrogen-bond acceptors (Lipinski definition) is 3. The van der Waals surface area contributed by atoms with Gasteiger partial charge in [0.15, 0.2) is 0 Å². The fourth-order valence-electron chi connectivity index (χ4n) is 2.92. The number of para-hydroxylation sites is 1. The maximum atomic E-state index is 12.2. The van der Waals surface area contributed by atoms with Crippen molar-refractivity contribution in [3.63, 3.8) is 0 Å². The minimum absolute atomic E-state index is 0.00898. The third-order valence-corrected chi connectivity index (χ3v) is 4.82. The van der Waals surface area contributed by atoms with Gasteiger partial charge in [0.2, 0.25) is 11.8 Å². The molecular weight excluding hydrogens is 338 g/mol. The summed E-state index contributed by atoms with van der Waals surface area (Å²) in [5, 5.41) is 9.24. The summed E-state index contributed by atoms with van der Waals surface area (Å²) in [7, 11) is 0. The van der Waals surface area contributed by atoms with Gasteiger partial charge in [-0.1, -0.05) is 30.3 Å². The summed E-state index contributed by atoms with van der Waals surface area (Å²) < 4.78 is 0. The van der Waals surface area contributed by atoms with E-state index in [2.05, 4.69) is 16.0 Å². The summed E-state index contributed by atoms with van der Waals surface area (Å²) in [6.07, 6.45) is 2.39. The van der Waals surface area contributed by atoms with Crippen LogP contribution < -0.4 is 16.0 Å². The van der Waals surface area contributed by atoms with Crippen LogP contribution >= 0.6 is 0 Å². The molecular formula is C22H27N3O2. The van der Waals surface area contributed by atoms with E-state index in [0.717, 1.165) is 29.8 Å². The molecule has 1 fully saturated rings. The van der Waals surface area contributed by atoms with Crippen molar-refractivity contribution >= 4 is 23.2 Å². The summed E-state index contributed by atoms with van der Waals surface area (Å²) in [5.74, 6) is 0.302. The first-order valence-electron chi connectivity index (χ1n) is 9.52. The number of amides is 2. The lowest BCUT2D eigenvalue weighted by atomic mass is 10.1. The van der Waals surface area contributed by atoms with Crippen molar-refractivity contribution in [3.05, 3.63) is 59.7 Å². The molecule has 0 bridgehead atoms. The van der Waals surface area contributed by atoms with E-state index in [1.54, 1.807) is 0 Å². The number of carbonyl (C=O) groups is 2. The van der Waals surface area contributed by atoms with E-state index in [1.165, 1.54) is 5.56 Å². The number of carbonyl (C=O) groups excluding carboxylic acids is 2. The van der Waals surface area contributed by atoms with Gasteiger partial charge in [-0.2, -0.15) is 0 Å². The fraction of sp³-hybridized carbons (Fsp3) is 0.364. The van der Waals surface area contributed by atoms with Crippen LogP contribution in [-0.2, 0) is 9.59 Å². The highest BCUT2D eigenvalue weighted by Crippen LogP contribution is 2.30. The van der Waals surface area contributed by atoms with Crippen LogP contribution in [0.2, 0.25) is 0 Å². The summed E-state index contributed by atoms with van der Waals surface area (Å²) in [5.41, 5.74) is 4.04. The van der Waals surface area contributed by atoms with Crippen LogP contribution in [0.5, 0.6) is 0 Å². The largest absolute Gasteiger partial charge is 0.384 e. The molecule has 5 heteroatoms. The second kappa shape index (κ2) is 8.71. The Hall–Kier alpha value is -2.82. The average molecular weight is 365 g/mol. The molecule has 1 aliphatic carbocycles. The Morgan fingerprint density at radius 2 is 1.78 bits per heavy atom. The van der Waals surface area contributed by atoms with Gasteiger partial charge in [0.1, 0.15) is 0 Å². The average Bonchev–Trinajstić information content (AvgIpc) is 3.49. The van der Waals surface area contributed by atoms with Gasteiger partial charge in [0.05, 0.1) is 6.04 Å². The van der Waals surface area contributed by atoms with Gasteiger partial charge in [-0.3, -0.25) is 9.59 Å². The molecule has 1 saturated carbocycles. The Kier molecular flexibility index (Phi) is 6.12. The summed E-state index contributed by atoms with van der Waals surface area (Å²) in [6.45, 7) is 4.60. The number of nitrogens with one attached hydrogen (secondary N) is 3. The van der Waals surface area contributed by atoms with Crippen molar-refractivity contribution in [1.29, 1.82) is 0 Å². The molecule has 27 heavy (non-hydrogen) atoms. The van der Waals surface area contributed by atoms with Crippen LogP contribution in [0.15, 0.2) is 48.5 Å². The smallest absolute Gasteiger partial charge is 0.227 e. The summed E-state index contributed by atoms with van der Waals surface area (Å²) in [6, 6.07) is 15.6. The van der Waals surface area contributed by atoms with Crippen LogP contribution in [0.3, 0.4) is 0 Å². The van der Waals surface area contributed by atoms with Crippen molar-refractivity contribution in [2.24, 2.45) is 5.92 Å². The van der Waals surface area contributed by atoms with Gasteiger partial charge in [-0.25, -0.2) is 0 Å². The number of benzene rings is 2. The highest BCUT2D eigenvalue weighted by molar-refractivity contribution is 5.94. The minimum atomic E-state index is -0.0795. The Labute approximate surface area is 160 Å². The molecule has 142 valence electrons. The number of anilines is 2. The molecule has 5 nitrogen and oxygen atoms in total. The molecule has 2 aromatic rings. The van der Waals surface area contributed by atoms with Gasteiger partial charge in [-0.15, -0.1) is 0 Å². The second-order valence-corrected chi connectivity index (χ2v) is 7.17. The summed E-state index contributed by atoms with van der Waals surface area (Å²) in [4.78, 5) is 24.0. The molecule has 1 atom stereocenters. The molecule has 0 aliphatic heterocycles.